The number of hydrogen-bond acceptors (Lipinski definition) is 6. The monoisotopic (exact) mass is 343 g/mol. The van der Waals surface area contributed by atoms with Gasteiger partial charge in [-0.3, -0.25) is 9.48 Å². The summed E-state index contributed by atoms with van der Waals surface area (Å²) in [4.78, 5) is 27.2. The lowest BCUT2D eigenvalue weighted by Crippen LogP contribution is -2.49. The molecule has 1 aliphatic heterocycles. The third-order valence-electron chi connectivity index (χ3n) is 4.30. The number of carbonyl (C=O) groups excluding carboxylic acids is 1. The van der Waals surface area contributed by atoms with Crippen LogP contribution in [-0.4, -0.2) is 70.8 Å². The van der Waals surface area contributed by atoms with Gasteiger partial charge in [-0.1, -0.05) is 0 Å². The summed E-state index contributed by atoms with van der Waals surface area (Å²) in [5, 5.41) is 4.23. The van der Waals surface area contributed by atoms with Crippen LogP contribution in [0.3, 0.4) is 0 Å². The Labute approximate surface area is 148 Å². The number of amides is 1. The van der Waals surface area contributed by atoms with Crippen LogP contribution in [-0.2, 0) is 11.3 Å². The average Bonchev–Trinajstić information content (AvgIpc) is 3.05. The first-order valence-corrected chi connectivity index (χ1v) is 8.55. The molecule has 3 rings (SSSR count). The Morgan fingerprint density at radius 1 is 1.24 bits per heavy atom. The van der Waals surface area contributed by atoms with E-state index in [9.17, 15) is 4.79 Å². The Bertz CT molecular complexity index is 719. The van der Waals surface area contributed by atoms with E-state index in [0.29, 0.717) is 18.9 Å². The van der Waals surface area contributed by atoms with Gasteiger partial charge < -0.3 is 14.7 Å². The molecule has 0 radical (unpaired) electrons. The summed E-state index contributed by atoms with van der Waals surface area (Å²) < 4.78 is 1.83. The van der Waals surface area contributed by atoms with Crippen molar-refractivity contribution in [1.29, 1.82) is 0 Å². The van der Waals surface area contributed by atoms with Gasteiger partial charge in [0.25, 0.3) is 0 Å². The van der Waals surface area contributed by atoms with Gasteiger partial charge in [0.2, 0.25) is 11.9 Å². The van der Waals surface area contributed by atoms with E-state index in [1.165, 1.54) is 0 Å². The second-order valence-electron chi connectivity index (χ2n) is 6.51. The predicted octanol–water partition coefficient (Wildman–Crippen LogP) is 0.786. The van der Waals surface area contributed by atoms with Gasteiger partial charge in [0.1, 0.15) is 5.82 Å². The zero-order valence-electron chi connectivity index (χ0n) is 15.1. The number of aryl methyl sites for hydroxylation is 2. The molecule has 0 bridgehead atoms. The Morgan fingerprint density at radius 2 is 2.00 bits per heavy atom. The number of carbonyl (C=O) groups is 1. The summed E-state index contributed by atoms with van der Waals surface area (Å²) >= 11 is 0. The zero-order chi connectivity index (χ0) is 17.8. The van der Waals surface area contributed by atoms with Crippen molar-refractivity contribution < 1.29 is 4.79 Å². The number of anilines is 2. The van der Waals surface area contributed by atoms with E-state index in [0.717, 1.165) is 37.6 Å². The molecule has 1 amide bonds. The lowest BCUT2D eigenvalue weighted by atomic mass is 10.2. The van der Waals surface area contributed by atoms with E-state index in [2.05, 4.69) is 20.0 Å². The molecule has 0 N–H and O–H groups in total. The second-order valence-corrected chi connectivity index (χ2v) is 6.51. The topological polar surface area (TPSA) is 70.4 Å². The summed E-state index contributed by atoms with van der Waals surface area (Å²) in [7, 11) is 3.85. The Balaban J connectivity index is 1.51. The molecule has 8 heteroatoms. The molecule has 0 aliphatic carbocycles. The van der Waals surface area contributed by atoms with Gasteiger partial charge in [0.05, 0.1) is 6.20 Å². The highest BCUT2D eigenvalue weighted by molar-refractivity contribution is 5.76. The highest BCUT2D eigenvalue weighted by Crippen LogP contribution is 2.16. The fourth-order valence-electron chi connectivity index (χ4n) is 2.87. The first-order chi connectivity index (χ1) is 12.0. The smallest absolute Gasteiger partial charge is 0.226 e. The third-order valence-corrected chi connectivity index (χ3v) is 4.30. The lowest BCUT2D eigenvalue weighted by molar-refractivity contribution is -0.131. The SMILES string of the molecule is Cc1cnn(CCC(=O)N2CCN(c3ccnc(N(C)C)n3)CC2)c1. The van der Waals surface area contributed by atoms with Crippen molar-refractivity contribution in [2.75, 3.05) is 50.1 Å². The van der Waals surface area contributed by atoms with Crippen molar-refractivity contribution in [2.45, 2.75) is 19.9 Å². The van der Waals surface area contributed by atoms with Gasteiger partial charge >= 0.3 is 0 Å². The van der Waals surface area contributed by atoms with E-state index < -0.39 is 0 Å². The largest absolute Gasteiger partial charge is 0.353 e. The molecule has 0 spiro atoms. The van der Waals surface area contributed by atoms with Crippen molar-refractivity contribution in [3.8, 4) is 0 Å². The molecule has 0 aromatic carbocycles. The first kappa shape index (κ1) is 17.2. The van der Waals surface area contributed by atoms with Gasteiger partial charge in [-0.2, -0.15) is 10.1 Å². The Hall–Kier alpha value is -2.64. The van der Waals surface area contributed by atoms with E-state index in [1.54, 1.807) is 6.20 Å². The van der Waals surface area contributed by atoms with E-state index in [1.807, 2.05) is 54.0 Å². The highest BCUT2D eigenvalue weighted by atomic mass is 16.2. The minimum atomic E-state index is 0.185. The summed E-state index contributed by atoms with van der Waals surface area (Å²) in [6.07, 6.45) is 6.04. The van der Waals surface area contributed by atoms with Crippen molar-refractivity contribution in [3.05, 3.63) is 30.2 Å². The van der Waals surface area contributed by atoms with Gasteiger partial charge in [-0.25, -0.2) is 4.98 Å². The molecular formula is C17H25N7O. The maximum absolute atomic E-state index is 12.4. The minimum Gasteiger partial charge on any atom is -0.353 e. The molecule has 8 nitrogen and oxygen atoms in total. The van der Waals surface area contributed by atoms with Gasteiger partial charge in [0, 0.05) is 65.6 Å². The molecule has 134 valence electrons. The maximum Gasteiger partial charge on any atom is 0.226 e. The van der Waals surface area contributed by atoms with E-state index in [-0.39, 0.29) is 5.91 Å². The zero-order valence-corrected chi connectivity index (χ0v) is 15.1. The Morgan fingerprint density at radius 3 is 2.64 bits per heavy atom. The molecule has 1 fully saturated rings. The fraction of sp³-hybridized carbons (Fsp3) is 0.529. The number of nitrogens with zero attached hydrogens (tertiary/aromatic N) is 7. The quantitative estimate of drug-likeness (QED) is 0.799. The molecule has 1 saturated heterocycles. The van der Waals surface area contributed by atoms with Crippen molar-refractivity contribution in [1.82, 2.24) is 24.6 Å². The normalized spacial score (nSPS) is 14.7. The van der Waals surface area contributed by atoms with Crippen molar-refractivity contribution >= 4 is 17.7 Å². The molecule has 0 atom stereocenters. The molecule has 2 aromatic heterocycles. The average molecular weight is 343 g/mol. The number of aromatic nitrogens is 4. The lowest BCUT2D eigenvalue weighted by Gasteiger charge is -2.35. The number of hydrogen-bond donors (Lipinski definition) is 0. The van der Waals surface area contributed by atoms with Crippen LogP contribution >= 0.6 is 0 Å². The minimum absolute atomic E-state index is 0.185. The van der Waals surface area contributed by atoms with Crippen LogP contribution in [0.2, 0.25) is 0 Å². The molecule has 0 unspecified atom stereocenters. The van der Waals surface area contributed by atoms with Crippen molar-refractivity contribution in [2.24, 2.45) is 0 Å². The third kappa shape index (κ3) is 4.26. The Kier molecular flexibility index (Phi) is 5.16. The molecule has 3 heterocycles. The second kappa shape index (κ2) is 7.50. The van der Waals surface area contributed by atoms with Crippen LogP contribution in [0.1, 0.15) is 12.0 Å². The van der Waals surface area contributed by atoms with Crippen LogP contribution in [0.4, 0.5) is 11.8 Å². The molecule has 1 aliphatic rings. The van der Waals surface area contributed by atoms with Crippen LogP contribution in [0.15, 0.2) is 24.7 Å². The van der Waals surface area contributed by atoms with Crippen molar-refractivity contribution in [3.63, 3.8) is 0 Å². The molecule has 0 saturated carbocycles. The van der Waals surface area contributed by atoms with Gasteiger partial charge in [-0.05, 0) is 18.6 Å². The molecule has 25 heavy (non-hydrogen) atoms. The summed E-state index contributed by atoms with van der Waals surface area (Å²) in [5.41, 5.74) is 1.11. The number of rotatable bonds is 5. The van der Waals surface area contributed by atoms with Crippen LogP contribution < -0.4 is 9.80 Å². The summed E-state index contributed by atoms with van der Waals surface area (Å²) in [6, 6.07) is 1.92. The van der Waals surface area contributed by atoms with Crippen LogP contribution in [0.5, 0.6) is 0 Å². The predicted molar refractivity (Wildman–Crippen MR) is 96.7 cm³/mol. The van der Waals surface area contributed by atoms with Crippen LogP contribution in [0, 0.1) is 6.92 Å². The highest BCUT2D eigenvalue weighted by Gasteiger charge is 2.22. The fourth-order valence-corrected chi connectivity index (χ4v) is 2.87. The summed E-state index contributed by atoms with van der Waals surface area (Å²) in [5.74, 6) is 1.80. The molecule has 2 aromatic rings. The summed E-state index contributed by atoms with van der Waals surface area (Å²) in [6.45, 7) is 5.65. The van der Waals surface area contributed by atoms with E-state index >= 15 is 0 Å². The van der Waals surface area contributed by atoms with Gasteiger partial charge in [0.15, 0.2) is 0 Å². The maximum atomic E-state index is 12.4. The van der Waals surface area contributed by atoms with Gasteiger partial charge in [-0.15, -0.1) is 0 Å². The molecular weight excluding hydrogens is 318 g/mol. The number of piperazine rings is 1. The van der Waals surface area contributed by atoms with E-state index in [4.69, 9.17) is 0 Å². The standard InChI is InChI=1S/C17H25N7O/c1-14-12-19-24(13-14)7-5-16(25)23-10-8-22(9-11-23)15-4-6-18-17(20-15)21(2)3/h4,6,12-13H,5,7-11H2,1-3H3. The first-order valence-electron chi connectivity index (χ1n) is 8.55. The van der Waals surface area contributed by atoms with Crippen LogP contribution in [0.25, 0.3) is 0 Å².